The molecule has 3 rings (SSSR count). The first kappa shape index (κ1) is 17.2. The van der Waals surface area contributed by atoms with Gasteiger partial charge in [-0.2, -0.15) is 0 Å². The molecule has 1 amide bonds. The fourth-order valence-electron chi connectivity index (χ4n) is 2.44. The summed E-state index contributed by atoms with van der Waals surface area (Å²) < 4.78 is 22.0. The first-order chi connectivity index (χ1) is 10.8. The van der Waals surface area contributed by atoms with E-state index >= 15 is 0 Å². The summed E-state index contributed by atoms with van der Waals surface area (Å²) in [6, 6.07) is 12.3. The molecule has 0 saturated heterocycles. The smallest absolute Gasteiger partial charge is 0.248 e. The summed E-state index contributed by atoms with van der Waals surface area (Å²) in [6.07, 6.45) is 3.14. The van der Waals surface area contributed by atoms with Gasteiger partial charge in [0.05, 0.1) is 4.90 Å². The number of carbonyl (C=O) groups excluding carboxylic acids is 1. The zero-order valence-electron chi connectivity index (χ0n) is 13.0. The third-order valence-electron chi connectivity index (χ3n) is 3.73. The van der Waals surface area contributed by atoms with Crippen LogP contribution in [0.15, 0.2) is 47.4 Å². The van der Waals surface area contributed by atoms with E-state index in [9.17, 15) is 13.2 Å². The van der Waals surface area contributed by atoms with Crippen LogP contribution in [0.5, 0.6) is 0 Å². The summed E-state index contributed by atoms with van der Waals surface area (Å²) >= 11 is 0. The van der Waals surface area contributed by atoms with Crippen molar-refractivity contribution in [2.75, 3.05) is 0 Å². The van der Waals surface area contributed by atoms with Gasteiger partial charge in [-0.3, -0.25) is 4.79 Å². The van der Waals surface area contributed by atoms with Crippen molar-refractivity contribution in [3.63, 3.8) is 0 Å². The van der Waals surface area contributed by atoms with Crippen LogP contribution in [0.2, 0.25) is 0 Å². The highest BCUT2D eigenvalue weighted by Crippen LogP contribution is 2.23. The molecular weight excluding hydrogens is 312 g/mol. The molecule has 0 saturated carbocycles. The monoisotopic (exact) mass is 332 g/mol. The van der Waals surface area contributed by atoms with Crippen molar-refractivity contribution in [2.24, 2.45) is 10.9 Å². The lowest BCUT2D eigenvalue weighted by molar-refractivity contribution is 0.100. The quantitative estimate of drug-likeness (QED) is 0.878. The molecule has 0 unspecified atom stereocenters. The zero-order chi connectivity index (χ0) is 17.0. The number of hydrogen-bond donors (Lipinski definition) is 2. The average Bonchev–Trinajstić information content (AvgIpc) is 2.95. The van der Waals surface area contributed by atoms with E-state index in [4.69, 9.17) is 10.9 Å². The van der Waals surface area contributed by atoms with Crippen LogP contribution in [0.25, 0.3) is 0 Å². The number of nitrogens with two attached hydrogens (primary N) is 2. The Kier molecular flexibility index (Phi) is 5.18. The Morgan fingerprint density at radius 2 is 1.61 bits per heavy atom. The molecule has 0 fully saturated rings. The van der Waals surface area contributed by atoms with Crippen LogP contribution in [-0.4, -0.2) is 14.3 Å². The molecule has 0 bridgehead atoms. The number of fused-ring (bicyclic) bond motifs is 1. The Hall–Kier alpha value is -2.18. The largest absolute Gasteiger partial charge is 0.366 e. The third kappa shape index (κ3) is 4.64. The Morgan fingerprint density at radius 3 is 2.17 bits per heavy atom. The van der Waals surface area contributed by atoms with E-state index in [2.05, 4.69) is 0 Å². The molecule has 1 aliphatic carbocycles. The first-order valence-corrected chi connectivity index (χ1v) is 8.83. The normalized spacial score (nSPS) is 13.0. The average molecular weight is 332 g/mol. The third-order valence-corrected chi connectivity index (χ3v) is 4.65. The standard InChI is InChI=1S/C9H11NO2S.C8H9NO/c10-13(11,12)9-5-4-7-2-1-3-8(7)6-9;1-6-2-4-7(5-3-6)8(9)10/h4-6H,1-3H2,(H2,10,11,12);2-5H,1H3,(H2,9,10). The molecule has 0 aromatic heterocycles. The van der Waals surface area contributed by atoms with Gasteiger partial charge in [-0.15, -0.1) is 0 Å². The van der Waals surface area contributed by atoms with Crippen LogP contribution in [0, 0.1) is 6.92 Å². The van der Waals surface area contributed by atoms with E-state index < -0.39 is 10.0 Å². The topological polar surface area (TPSA) is 103 Å². The second-order valence-electron chi connectivity index (χ2n) is 5.56. The van der Waals surface area contributed by atoms with Crippen LogP contribution >= 0.6 is 0 Å². The van der Waals surface area contributed by atoms with Crippen molar-refractivity contribution in [2.45, 2.75) is 31.1 Å². The van der Waals surface area contributed by atoms with Gasteiger partial charge < -0.3 is 5.73 Å². The number of primary amides is 1. The summed E-state index contributed by atoms with van der Waals surface area (Å²) in [5.74, 6) is -0.375. The Morgan fingerprint density at radius 1 is 1.00 bits per heavy atom. The maximum Gasteiger partial charge on any atom is 0.248 e. The summed E-state index contributed by atoms with van der Waals surface area (Å²) in [4.78, 5) is 10.8. The molecule has 1 aliphatic rings. The van der Waals surface area contributed by atoms with Crippen LogP contribution < -0.4 is 10.9 Å². The van der Waals surface area contributed by atoms with Gasteiger partial charge >= 0.3 is 0 Å². The van der Waals surface area contributed by atoms with Crippen LogP contribution in [-0.2, 0) is 22.9 Å². The van der Waals surface area contributed by atoms with E-state index in [-0.39, 0.29) is 10.8 Å². The van der Waals surface area contributed by atoms with Gasteiger partial charge in [0.1, 0.15) is 0 Å². The van der Waals surface area contributed by atoms with Crippen molar-refractivity contribution in [3.8, 4) is 0 Å². The van der Waals surface area contributed by atoms with Gasteiger partial charge in [-0.25, -0.2) is 13.6 Å². The van der Waals surface area contributed by atoms with E-state index in [0.717, 1.165) is 30.4 Å². The molecule has 5 nitrogen and oxygen atoms in total. The highest BCUT2D eigenvalue weighted by molar-refractivity contribution is 7.89. The second-order valence-corrected chi connectivity index (χ2v) is 7.12. The minimum Gasteiger partial charge on any atom is -0.366 e. The minimum atomic E-state index is -3.52. The van der Waals surface area contributed by atoms with E-state index in [0.29, 0.717) is 5.56 Å². The van der Waals surface area contributed by atoms with Gasteiger partial charge in [0.25, 0.3) is 0 Å². The first-order valence-electron chi connectivity index (χ1n) is 7.28. The number of primary sulfonamides is 1. The van der Waals surface area contributed by atoms with Crippen molar-refractivity contribution in [1.29, 1.82) is 0 Å². The van der Waals surface area contributed by atoms with Gasteiger partial charge in [0, 0.05) is 5.56 Å². The summed E-state index contributed by atoms with van der Waals surface area (Å²) in [5, 5.41) is 5.02. The lowest BCUT2D eigenvalue weighted by Crippen LogP contribution is -2.12. The van der Waals surface area contributed by atoms with Crippen LogP contribution in [0.1, 0.15) is 33.5 Å². The molecule has 122 valence electrons. The molecule has 0 spiro atoms. The molecule has 0 aliphatic heterocycles. The molecular formula is C17H20N2O3S. The van der Waals surface area contributed by atoms with E-state index in [1.807, 2.05) is 25.1 Å². The van der Waals surface area contributed by atoms with E-state index in [1.54, 1.807) is 24.3 Å². The predicted octanol–water partition coefficient (Wildman–Crippen LogP) is 1.92. The van der Waals surface area contributed by atoms with Crippen LogP contribution in [0.4, 0.5) is 0 Å². The number of aryl methyl sites for hydroxylation is 3. The molecule has 4 N–H and O–H groups in total. The van der Waals surface area contributed by atoms with Crippen molar-refractivity contribution in [1.82, 2.24) is 0 Å². The van der Waals surface area contributed by atoms with Crippen molar-refractivity contribution < 1.29 is 13.2 Å². The fourth-order valence-corrected chi connectivity index (χ4v) is 3.01. The molecule has 23 heavy (non-hydrogen) atoms. The summed E-state index contributed by atoms with van der Waals surface area (Å²) in [6.45, 7) is 1.96. The number of hydrogen-bond acceptors (Lipinski definition) is 3. The number of carbonyl (C=O) groups is 1. The van der Waals surface area contributed by atoms with Gasteiger partial charge in [0.2, 0.25) is 15.9 Å². The SMILES string of the molecule is Cc1ccc(C(N)=O)cc1.NS(=O)(=O)c1ccc2c(c1)CCC2. The maximum atomic E-state index is 11.0. The van der Waals surface area contributed by atoms with Gasteiger partial charge in [-0.1, -0.05) is 23.8 Å². The Bertz CT molecular complexity index is 812. The van der Waals surface area contributed by atoms with E-state index in [1.165, 1.54) is 5.56 Å². The molecule has 0 atom stereocenters. The molecule has 2 aromatic rings. The summed E-state index contributed by atoms with van der Waals surface area (Å²) in [5.41, 5.74) is 9.10. The Balaban J connectivity index is 0.000000174. The lowest BCUT2D eigenvalue weighted by atomic mass is 10.1. The van der Waals surface area contributed by atoms with Crippen molar-refractivity contribution >= 4 is 15.9 Å². The maximum absolute atomic E-state index is 11.0. The number of sulfonamides is 1. The number of benzene rings is 2. The van der Waals surface area contributed by atoms with Crippen molar-refractivity contribution in [3.05, 3.63) is 64.7 Å². The van der Waals surface area contributed by atoms with Gasteiger partial charge in [0.15, 0.2) is 0 Å². The zero-order valence-corrected chi connectivity index (χ0v) is 13.8. The molecule has 0 radical (unpaired) electrons. The highest BCUT2D eigenvalue weighted by Gasteiger charge is 2.14. The number of rotatable bonds is 2. The molecule has 0 heterocycles. The fraction of sp³-hybridized carbons (Fsp3) is 0.235. The molecule has 6 heteroatoms. The highest BCUT2D eigenvalue weighted by atomic mass is 32.2. The Labute approximate surface area is 136 Å². The molecule has 2 aromatic carbocycles. The lowest BCUT2D eigenvalue weighted by Gasteiger charge is -2.01. The second kappa shape index (κ2) is 6.93. The predicted molar refractivity (Wildman–Crippen MR) is 89.5 cm³/mol. The number of amides is 1. The minimum absolute atomic E-state index is 0.230. The van der Waals surface area contributed by atoms with Gasteiger partial charge in [-0.05, 0) is 61.6 Å². The summed E-state index contributed by atoms with van der Waals surface area (Å²) in [7, 11) is -3.52. The van der Waals surface area contributed by atoms with Crippen LogP contribution in [0.3, 0.4) is 0 Å².